The number of hydrogen-bond acceptors (Lipinski definition) is 3. The van der Waals surface area contributed by atoms with Gasteiger partial charge in [-0.2, -0.15) is 0 Å². The van der Waals surface area contributed by atoms with Crippen LogP contribution in [-0.2, 0) is 6.54 Å². The minimum Gasteiger partial charge on any atom is -0.299 e. The van der Waals surface area contributed by atoms with E-state index in [1.165, 1.54) is 0 Å². The molecule has 0 fully saturated rings. The molecule has 1 aromatic carbocycles. The van der Waals surface area contributed by atoms with Crippen LogP contribution in [0.4, 0.5) is 0 Å². The number of nitrogens with two attached hydrogens (primary N) is 1. The van der Waals surface area contributed by atoms with Crippen LogP contribution in [0.15, 0.2) is 24.3 Å². The summed E-state index contributed by atoms with van der Waals surface area (Å²) in [6, 6.07) is 7.58. The average molecular weight is 235 g/mol. The van der Waals surface area contributed by atoms with Crippen LogP contribution < -0.4 is 11.3 Å². The second-order valence-corrected chi connectivity index (χ2v) is 4.00. The van der Waals surface area contributed by atoms with E-state index in [1.54, 1.807) is 6.07 Å². The summed E-state index contributed by atoms with van der Waals surface area (Å²) in [4.78, 5) is 13.9. The maximum absolute atomic E-state index is 11.6. The Morgan fingerprint density at radius 3 is 2.65 bits per heavy atom. The lowest BCUT2D eigenvalue weighted by Crippen LogP contribution is -2.32. The van der Waals surface area contributed by atoms with E-state index in [0.29, 0.717) is 5.56 Å². The SMILES string of the molecule is CCCN(CC)Cc1ccccc1C(=O)NN. The zero-order valence-electron chi connectivity index (χ0n) is 10.6. The molecule has 0 saturated heterocycles. The van der Waals surface area contributed by atoms with E-state index in [1.807, 2.05) is 18.2 Å². The minimum absolute atomic E-state index is 0.229. The van der Waals surface area contributed by atoms with Gasteiger partial charge in [0.25, 0.3) is 5.91 Å². The van der Waals surface area contributed by atoms with Crippen LogP contribution >= 0.6 is 0 Å². The summed E-state index contributed by atoms with van der Waals surface area (Å²) >= 11 is 0. The summed E-state index contributed by atoms with van der Waals surface area (Å²) < 4.78 is 0. The van der Waals surface area contributed by atoms with Gasteiger partial charge in [0.1, 0.15) is 0 Å². The lowest BCUT2D eigenvalue weighted by Gasteiger charge is -2.20. The number of benzene rings is 1. The lowest BCUT2D eigenvalue weighted by atomic mass is 10.1. The van der Waals surface area contributed by atoms with Crippen LogP contribution in [0.5, 0.6) is 0 Å². The van der Waals surface area contributed by atoms with E-state index < -0.39 is 0 Å². The number of nitrogen functional groups attached to an aromatic ring is 1. The quantitative estimate of drug-likeness (QED) is 0.446. The minimum atomic E-state index is -0.229. The molecule has 1 amide bonds. The molecular formula is C13H21N3O. The molecule has 0 aliphatic carbocycles. The summed E-state index contributed by atoms with van der Waals surface area (Å²) in [5, 5.41) is 0. The molecule has 1 rings (SSSR count). The third kappa shape index (κ3) is 3.84. The largest absolute Gasteiger partial charge is 0.299 e. The first-order valence-corrected chi connectivity index (χ1v) is 6.04. The van der Waals surface area contributed by atoms with Crippen LogP contribution in [-0.4, -0.2) is 23.9 Å². The number of hydrogen-bond donors (Lipinski definition) is 2. The number of carbonyl (C=O) groups excluding carboxylic acids is 1. The van der Waals surface area contributed by atoms with Gasteiger partial charge in [0.2, 0.25) is 0 Å². The van der Waals surface area contributed by atoms with Crippen molar-refractivity contribution in [3.8, 4) is 0 Å². The molecule has 0 atom stereocenters. The van der Waals surface area contributed by atoms with Gasteiger partial charge in [0.05, 0.1) is 0 Å². The fourth-order valence-electron chi connectivity index (χ4n) is 1.86. The second-order valence-electron chi connectivity index (χ2n) is 4.00. The van der Waals surface area contributed by atoms with Crippen molar-refractivity contribution >= 4 is 5.91 Å². The van der Waals surface area contributed by atoms with Crippen molar-refractivity contribution in [3.05, 3.63) is 35.4 Å². The van der Waals surface area contributed by atoms with Crippen LogP contribution in [0, 0.1) is 0 Å². The molecule has 94 valence electrons. The highest BCUT2D eigenvalue weighted by atomic mass is 16.2. The maximum Gasteiger partial charge on any atom is 0.265 e. The highest BCUT2D eigenvalue weighted by Crippen LogP contribution is 2.11. The Balaban J connectivity index is 2.85. The third-order valence-electron chi connectivity index (χ3n) is 2.77. The number of rotatable bonds is 6. The molecule has 1 aromatic rings. The van der Waals surface area contributed by atoms with Gasteiger partial charge in [-0.1, -0.05) is 32.0 Å². The van der Waals surface area contributed by atoms with E-state index in [9.17, 15) is 4.79 Å². The molecule has 0 aromatic heterocycles. The van der Waals surface area contributed by atoms with E-state index in [-0.39, 0.29) is 5.91 Å². The molecule has 0 unspecified atom stereocenters. The molecule has 0 aliphatic heterocycles. The zero-order valence-corrected chi connectivity index (χ0v) is 10.6. The molecule has 3 N–H and O–H groups in total. The van der Waals surface area contributed by atoms with Gasteiger partial charge >= 0.3 is 0 Å². The number of nitrogens with one attached hydrogen (secondary N) is 1. The normalized spacial score (nSPS) is 10.6. The Morgan fingerprint density at radius 2 is 2.06 bits per heavy atom. The Morgan fingerprint density at radius 1 is 1.35 bits per heavy atom. The molecule has 0 aliphatic rings. The fraction of sp³-hybridized carbons (Fsp3) is 0.462. The van der Waals surface area contributed by atoms with E-state index in [0.717, 1.165) is 31.6 Å². The van der Waals surface area contributed by atoms with Gasteiger partial charge in [0.15, 0.2) is 0 Å². The van der Waals surface area contributed by atoms with Crippen LogP contribution in [0.3, 0.4) is 0 Å². The van der Waals surface area contributed by atoms with Crippen molar-refractivity contribution < 1.29 is 4.79 Å². The Hall–Kier alpha value is -1.39. The molecule has 0 radical (unpaired) electrons. The Labute approximate surface area is 103 Å². The molecule has 4 nitrogen and oxygen atoms in total. The smallest absolute Gasteiger partial charge is 0.265 e. The molecular weight excluding hydrogens is 214 g/mol. The fourth-order valence-corrected chi connectivity index (χ4v) is 1.86. The van der Waals surface area contributed by atoms with Crippen molar-refractivity contribution in [3.63, 3.8) is 0 Å². The highest BCUT2D eigenvalue weighted by molar-refractivity contribution is 5.95. The van der Waals surface area contributed by atoms with Crippen LogP contribution in [0.1, 0.15) is 36.2 Å². The summed E-state index contributed by atoms with van der Waals surface area (Å²) in [5.74, 6) is 4.95. The van der Waals surface area contributed by atoms with Crippen LogP contribution in [0.2, 0.25) is 0 Å². The highest BCUT2D eigenvalue weighted by Gasteiger charge is 2.11. The molecule has 4 heteroatoms. The van der Waals surface area contributed by atoms with E-state index in [4.69, 9.17) is 5.84 Å². The van der Waals surface area contributed by atoms with Crippen molar-refractivity contribution in [2.24, 2.45) is 5.84 Å². The van der Waals surface area contributed by atoms with Crippen LogP contribution in [0.25, 0.3) is 0 Å². The number of amides is 1. The number of hydrazine groups is 1. The molecule has 0 spiro atoms. The van der Waals surface area contributed by atoms with Gasteiger partial charge in [0, 0.05) is 12.1 Å². The van der Waals surface area contributed by atoms with Gasteiger partial charge in [-0.05, 0) is 31.1 Å². The summed E-state index contributed by atoms with van der Waals surface area (Å²) in [7, 11) is 0. The summed E-state index contributed by atoms with van der Waals surface area (Å²) in [5.41, 5.74) is 3.86. The molecule has 0 heterocycles. The first-order valence-electron chi connectivity index (χ1n) is 6.04. The predicted octanol–water partition coefficient (Wildman–Crippen LogP) is 1.52. The topological polar surface area (TPSA) is 58.4 Å². The second kappa shape index (κ2) is 7.04. The van der Waals surface area contributed by atoms with Gasteiger partial charge in [-0.3, -0.25) is 15.1 Å². The van der Waals surface area contributed by atoms with Crippen molar-refractivity contribution in [1.82, 2.24) is 10.3 Å². The summed E-state index contributed by atoms with van der Waals surface area (Å²) in [6.07, 6.45) is 1.11. The zero-order chi connectivity index (χ0) is 12.7. The Bertz CT molecular complexity index is 365. The predicted molar refractivity (Wildman–Crippen MR) is 69.3 cm³/mol. The van der Waals surface area contributed by atoms with Gasteiger partial charge < -0.3 is 0 Å². The van der Waals surface area contributed by atoms with Gasteiger partial charge in [-0.25, -0.2) is 5.84 Å². The summed E-state index contributed by atoms with van der Waals surface area (Å²) in [6.45, 7) is 7.08. The number of carbonyl (C=O) groups is 1. The molecule has 17 heavy (non-hydrogen) atoms. The monoisotopic (exact) mass is 235 g/mol. The lowest BCUT2D eigenvalue weighted by molar-refractivity contribution is 0.0951. The van der Waals surface area contributed by atoms with Crippen molar-refractivity contribution in [2.75, 3.05) is 13.1 Å². The number of nitrogens with zero attached hydrogens (tertiary/aromatic N) is 1. The molecule has 0 bridgehead atoms. The van der Waals surface area contributed by atoms with E-state index >= 15 is 0 Å². The average Bonchev–Trinajstić information content (AvgIpc) is 2.38. The first kappa shape index (κ1) is 13.7. The maximum atomic E-state index is 11.6. The van der Waals surface area contributed by atoms with Crippen molar-refractivity contribution in [1.29, 1.82) is 0 Å². The van der Waals surface area contributed by atoms with Crippen molar-refractivity contribution in [2.45, 2.75) is 26.8 Å². The molecule has 0 saturated carbocycles. The first-order chi connectivity index (χ1) is 8.22. The van der Waals surface area contributed by atoms with Gasteiger partial charge in [-0.15, -0.1) is 0 Å². The third-order valence-corrected chi connectivity index (χ3v) is 2.77. The standard InChI is InChI=1S/C13H21N3O/c1-3-9-16(4-2)10-11-7-5-6-8-12(11)13(17)15-14/h5-8H,3-4,9-10,14H2,1-2H3,(H,15,17). The van der Waals surface area contributed by atoms with E-state index in [2.05, 4.69) is 24.2 Å². The Kier molecular flexibility index (Phi) is 5.66.